The van der Waals surface area contributed by atoms with Crippen molar-refractivity contribution >= 4 is 34.0 Å². The molecule has 0 spiro atoms. The fourth-order valence-electron chi connectivity index (χ4n) is 5.48. The number of aliphatic hydroxyl groups excluding tert-OH is 1. The first-order valence-corrected chi connectivity index (χ1v) is 13.3. The number of nitrogens with zero attached hydrogens (tertiary/aromatic N) is 1. The highest BCUT2D eigenvalue weighted by Gasteiger charge is 2.48. The first-order valence-electron chi connectivity index (χ1n) is 13.3. The van der Waals surface area contributed by atoms with Gasteiger partial charge in [0.1, 0.15) is 11.5 Å². The molecule has 0 radical (unpaired) electrons. The van der Waals surface area contributed by atoms with Gasteiger partial charge in [0, 0.05) is 33.4 Å². The first-order chi connectivity index (χ1) is 18.6. The van der Waals surface area contributed by atoms with E-state index in [0.29, 0.717) is 23.8 Å². The third-order valence-electron chi connectivity index (χ3n) is 7.17. The van der Waals surface area contributed by atoms with Gasteiger partial charge in [0.25, 0.3) is 11.7 Å². The summed E-state index contributed by atoms with van der Waals surface area (Å²) in [5.74, 6) is -0.476. The Morgan fingerprint density at radius 3 is 2.33 bits per heavy atom. The number of benzene rings is 3. The molecule has 4 aromatic rings. The molecule has 1 saturated heterocycles. The van der Waals surface area contributed by atoms with Crippen molar-refractivity contribution in [3.8, 4) is 5.75 Å². The summed E-state index contributed by atoms with van der Waals surface area (Å²) in [5, 5.41) is 12.6. The highest BCUT2D eigenvalue weighted by molar-refractivity contribution is 6.52. The average Bonchev–Trinajstić information content (AvgIpc) is 3.34. The molecule has 0 bridgehead atoms. The van der Waals surface area contributed by atoms with Crippen LogP contribution in [0.3, 0.4) is 0 Å². The molecule has 1 fully saturated rings. The number of nitrogens with one attached hydrogen (secondary N) is 1. The van der Waals surface area contributed by atoms with E-state index in [1.165, 1.54) is 4.90 Å². The minimum absolute atomic E-state index is 0.0715. The van der Waals surface area contributed by atoms with Crippen LogP contribution < -0.4 is 9.64 Å². The molecular weight excluding hydrogens is 488 g/mol. The molecule has 200 valence electrons. The predicted octanol–water partition coefficient (Wildman–Crippen LogP) is 7.06. The van der Waals surface area contributed by atoms with E-state index in [1.807, 2.05) is 70.2 Å². The number of para-hydroxylation sites is 1. The van der Waals surface area contributed by atoms with E-state index in [2.05, 4.69) is 18.8 Å². The molecule has 6 heteroatoms. The van der Waals surface area contributed by atoms with Gasteiger partial charge in [-0.2, -0.15) is 0 Å². The van der Waals surface area contributed by atoms with Gasteiger partial charge in [-0.25, -0.2) is 0 Å². The number of aromatic nitrogens is 1. The Bertz CT molecular complexity index is 1620. The summed E-state index contributed by atoms with van der Waals surface area (Å²) in [4.78, 5) is 32.3. The number of rotatable bonds is 6. The molecule has 1 amide bonds. The van der Waals surface area contributed by atoms with E-state index in [4.69, 9.17) is 4.74 Å². The summed E-state index contributed by atoms with van der Waals surface area (Å²) in [6, 6.07) is 18.2. The second-order valence-electron chi connectivity index (χ2n) is 10.9. The van der Waals surface area contributed by atoms with Crippen LogP contribution in [0, 0.1) is 33.6 Å². The summed E-state index contributed by atoms with van der Waals surface area (Å²) >= 11 is 0. The minimum Gasteiger partial charge on any atom is -0.507 e. The maximum atomic E-state index is 13.7. The molecular formula is C33H34N2O4. The summed E-state index contributed by atoms with van der Waals surface area (Å²) in [6.45, 7) is 12.5. The van der Waals surface area contributed by atoms with E-state index < -0.39 is 17.7 Å². The average molecular weight is 523 g/mol. The van der Waals surface area contributed by atoms with Crippen LogP contribution in [0.25, 0.3) is 16.7 Å². The number of aliphatic hydroxyl groups is 1. The third-order valence-corrected chi connectivity index (χ3v) is 7.17. The molecule has 1 atom stereocenters. The molecule has 5 rings (SSSR count). The molecule has 3 aromatic carbocycles. The highest BCUT2D eigenvalue weighted by Crippen LogP contribution is 2.46. The lowest BCUT2D eigenvalue weighted by Gasteiger charge is -2.26. The van der Waals surface area contributed by atoms with Crippen LogP contribution in [0.2, 0.25) is 0 Å². The summed E-state index contributed by atoms with van der Waals surface area (Å²) in [7, 11) is 0. The SMILES string of the molecule is Cc1cc(C)cc(N2C(=O)C(=O)/C(=C(/O)c3ccc(OCC(C)C)c(C)c3)C2c2c(C)[nH]c3ccccc23)c1. The van der Waals surface area contributed by atoms with Crippen LogP contribution in [0.4, 0.5) is 5.69 Å². The van der Waals surface area contributed by atoms with Crippen molar-refractivity contribution in [1.29, 1.82) is 0 Å². The number of Topliss-reactive ketones (excluding diaryl/α,β-unsaturated/α-hetero) is 1. The lowest BCUT2D eigenvalue weighted by atomic mass is 9.92. The molecule has 1 aromatic heterocycles. The molecule has 1 unspecified atom stereocenters. The number of amides is 1. The normalized spacial score (nSPS) is 17.0. The van der Waals surface area contributed by atoms with Crippen molar-refractivity contribution in [2.24, 2.45) is 5.92 Å². The summed E-state index contributed by atoms with van der Waals surface area (Å²) in [6.07, 6.45) is 0. The van der Waals surface area contributed by atoms with E-state index in [-0.39, 0.29) is 11.3 Å². The molecule has 2 N–H and O–H groups in total. The topological polar surface area (TPSA) is 82.6 Å². The van der Waals surface area contributed by atoms with E-state index >= 15 is 0 Å². The Balaban J connectivity index is 1.73. The number of carbonyl (C=O) groups is 2. The van der Waals surface area contributed by atoms with Crippen LogP contribution in [0.1, 0.15) is 53.4 Å². The van der Waals surface area contributed by atoms with Gasteiger partial charge in [0.05, 0.1) is 18.2 Å². The van der Waals surface area contributed by atoms with Gasteiger partial charge < -0.3 is 14.8 Å². The monoisotopic (exact) mass is 522 g/mol. The van der Waals surface area contributed by atoms with Gasteiger partial charge in [-0.1, -0.05) is 38.1 Å². The van der Waals surface area contributed by atoms with Crippen LogP contribution in [0.5, 0.6) is 5.75 Å². The number of aromatic amines is 1. The zero-order valence-electron chi connectivity index (χ0n) is 23.3. The molecule has 2 heterocycles. The van der Waals surface area contributed by atoms with E-state index in [9.17, 15) is 14.7 Å². The Hall–Kier alpha value is -4.32. The maximum Gasteiger partial charge on any atom is 0.300 e. The lowest BCUT2D eigenvalue weighted by molar-refractivity contribution is -0.132. The van der Waals surface area contributed by atoms with Gasteiger partial charge in [-0.15, -0.1) is 0 Å². The molecule has 1 aliphatic heterocycles. The molecule has 6 nitrogen and oxygen atoms in total. The Morgan fingerprint density at radius 2 is 1.67 bits per heavy atom. The Kier molecular flexibility index (Phi) is 6.81. The summed E-state index contributed by atoms with van der Waals surface area (Å²) in [5.41, 5.74) is 6.48. The van der Waals surface area contributed by atoms with Crippen molar-refractivity contribution in [3.63, 3.8) is 0 Å². The molecule has 0 saturated carbocycles. The number of aryl methyl sites for hydroxylation is 4. The van der Waals surface area contributed by atoms with Crippen molar-refractivity contribution in [2.45, 2.75) is 47.6 Å². The van der Waals surface area contributed by atoms with Gasteiger partial charge in [-0.05, 0) is 86.7 Å². The number of hydrogen-bond acceptors (Lipinski definition) is 4. The maximum absolute atomic E-state index is 13.7. The standard InChI is InChI=1S/C33H34N2O4/c1-18(2)17-39-27-12-11-23(16-21(27)5)31(36)29-30(28-22(6)34-26-10-8-7-9-25(26)28)35(33(38)32(29)37)24-14-19(3)13-20(4)15-24/h7-16,18,30,34,36H,17H2,1-6H3/b31-29+. The molecule has 1 aliphatic rings. The fraction of sp³-hybridized carbons (Fsp3) is 0.273. The Morgan fingerprint density at radius 1 is 0.974 bits per heavy atom. The van der Waals surface area contributed by atoms with E-state index in [0.717, 1.165) is 44.6 Å². The third kappa shape index (κ3) is 4.71. The van der Waals surface area contributed by atoms with Crippen molar-refractivity contribution in [2.75, 3.05) is 11.5 Å². The second kappa shape index (κ2) is 10.1. The van der Waals surface area contributed by atoms with Gasteiger partial charge in [-0.3, -0.25) is 14.5 Å². The quantitative estimate of drug-likeness (QED) is 0.161. The minimum atomic E-state index is -0.806. The molecule has 39 heavy (non-hydrogen) atoms. The zero-order valence-corrected chi connectivity index (χ0v) is 23.3. The number of anilines is 1. The van der Waals surface area contributed by atoms with Crippen molar-refractivity contribution < 1.29 is 19.4 Å². The number of ketones is 1. The van der Waals surface area contributed by atoms with Crippen molar-refractivity contribution in [1.82, 2.24) is 4.98 Å². The smallest absolute Gasteiger partial charge is 0.300 e. The van der Waals surface area contributed by atoms with Crippen molar-refractivity contribution in [3.05, 3.63) is 99.7 Å². The summed E-state index contributed by atoms with van der Waals surface area (Å²) < 4.78 is 5.91. The zero-order chi connectivity index (χ0) is 28.0. The van der Waals surface area contributed by atoms with Crippen LogP contribution in [0.15, 0.2) is 66.2 Å². The number of carbonyl (C=O) groups excluding carboxylic acids is 2. The number of H-pyrrole nitrogens is 1. The fourth-order valence-corrected chi connectivity index (χ4v) is 5.48. The van der Waals surface area contributed by atoms with Crippen LogP contribution in [-0.2, 0) is 9.59 Å². The molecule has 0 aliphatic carbocycles. The Labute approximate surface area is 228 Å². The predicted molar refractivity (Wildman–Crippen MR) is 155 cm³/mol. The number of fused-ring (bicyclic) bond motifs is 1. The first kappa shape index (κ1) is 26.3. The van der Waals surface area contributed by atoms with Gasteiger partial charge in [0.2, 0.25) is 0 Å². The van der Waals surface area contributed by atoms with Gasteiger partial charge >= 0.3 is 0 Å². The van der Waals surface area contributed by atoms with E-state index in [1.54, 1.807) is 18.2 Å². The highest BCUT2D eigenvalue weighted by atomic mass is 16.5. The largest absolute Gasteiger partial charge is 0.507 e. The number of ether oxygens (including phenoxy) is 1. The number of hydrogen-bond donors (Lipinski definition) is 2. The van der Waals surface area contributed by atoms with Gasteiger partial charge in [0.15, 0.2) is 0 Å². The van der Waals surface area contributed by atoms with Crippen LogP contribution >= 0.6 is 0 Å². The lowest BCUT2D eigenvalue weighted by Crippen LogP contribution is -2.29. The van der Waals surface area contributed by atoms with Crippen LogP contribution in [-0.4, -0.2) is 28.4 Å². The second-order valence-corrected chi connectivity index (χ2v) is 10.9.